The maximum atomic E-state index is 5.52. The molecule has 4 nitrogen and oxygen atoms in total. The Balaban J connectivity index is 1.91. The fourth-order valence-corrected chi connectivity index (χ4v) is 1.68. The molecule has 1 heterocycles. The summed E-state index contributed by atoms with van der Waals surface area (Å²) in [7, 11) is 0. The lowest BCUT2D eigenvalue weighted by Gasteiger charge is -2.06. The van der Waals surface area contributed by atoms with Gasteiger partial charge in [-0.25, -0.2) is 0 Å². The van der Waals surface area contributed by atoms with Crippen LogP contribution in [0.2, 0.25) is 0 Å². The van der Waals surface area contributed by atoms with Crippen molar-refractivity contribution in [3.63, 3.8) is 0 Å². The third kappa shape index (κ3) is 3.53. The molecule has 4 heteroatoms. The van der Waals surface area contributed by atoms with E-state index in [0.29, 0.717) is 6.54 Å². The highest BCUT2D eigenvalue weighted by Crippen LogP contribution is 2.08. The first-order chi connectivity index (χ1) is 8.78. The van der Waals surface area contributed by atoms with E-state index in [9.17, 15) is 0 Å². The molecule has 0 aliphatic heterocycles. The van der Waals surface area contributed by atoms with E-state index in [1.165, 1.54) is 11.1 Å². The Bertz CT molecular complexity index is 476. The molecule has 0 amide bonds. The van der Waals surface area contributed by atoms with Gasteiger partial charge in [0.1, 0.15) is 5.82 Å². The number of nitrogens with two attached hydrogens (primary N) is 1. The molecule has 1 aromatic heterocycles. The molecule has 0 atom stereocenters. The highest BCUT2D eigenvalue weighted by Gasteiger charge is 1.97. The number of aryl methyl sites for hydroxylation is 1. The summed E-state index contributed by atoms with van der Waals surface area (Å²) in [6.45, 7) is 3.37. The molecule has 0 spiro atoms. The van der Waals surface area contributed by atoms with Gasteiger partial charge in [-0.2, -0.15) is 5.10 Å². The van der Waals surface area contributed by atoms with Crippen molar-refractivity contribution in [2.24, 2.45) is 5.73 Å². The highest BCUT2D eigenvalue weighted by molar-refractivity contribution is 5.34. The van der Waals surface area contributed by atoms with Crippen LogP contribution in [0.25, 0.3) is 0 Å². The SMILES string of the molecule is Cc1ccc(NCc2ccc(CCN)cc2)nn1. The van der Waals surface area contributed by atoms with Crippen LogP contribution < -0.4 is 11.1 Å². The van der Waals surface area contributed by atoms with Gasteiger partial charge in [-0.1, -0.05) is 24.3 Å². The normalized spacial score (nSPS) is 10.3. The topological polar surface area (TPSA) is 63.8 Å². The average Bonchev–Trinajstić information content (AvgIpc) is 2.40. The fourth-order valence-electron chi connectivity index (χ4n) is 1.68. The Labute approximate surface area is 107 Å². The van der Waals surface area contributed by atoms with Crippen molar-refractivity contribution in [3.8, 4) is 0 Å². The number of aromatic nitrogens is 2. The third-order valence-electron chi connectivity index (χ3n) is 2.73. The van der Waals surface area contributed by atoms with Crippen LogP contribution in [0.5, 0.6) is 0 Å². The van der Waals surface area contributed by atoms with Crippen molar-refractivity contribution in [2.45, 2.75) is 19.9 Å². The second-order valence-electron chi connectivity index (χ2n) is 4.27. The summed E-state index contributed by atoms with van der Waals surface area (Å²) in [5.41, 5.74) is 8.94. The quantitative estimate of drug-likeness (QED) is 0.840. The summed E-state index contributed by atoms with van der Waals surface area (Å²) in [5, 5.41) is 11.3. The Morgan fingerprint density at radius 3 is 2.33 bits per heavy atom. The Kier molecular flexibility index (Phi) is 4.25. The van der Waals surface area contributed by atoms with Crippen molar-refractivity contribution in [3.05, 3.63) is 53.2 Å². The monoisotopic (exact) mass is 242 g/mol. The van der Waals surface area contributed by atoms with Crippen molar-refractivity contribution < 1.29 is 0 Å². The van der Waals surface area contributed by atoms with Crippen molar-refractivity contribution >= 4 is 5.82 Å². The fraction of sp³-hybridized carbons (Fsp3) is 0.286. The van der Waals surface area contributed by atoms with E-state index in [1.54, 1.807) is 0 Å². The molecule has 0 fully saturated rings. The lowest BCUT2D eigenvalue weighted by Crippen LogP contribution is -2.04. The molecule has 0 saturated carbocycles. The molecule has 0 saturated heterocycles. The number of benzene rings is 1. The van der Waals surface area contributed by atoms with E-state index >= 15 is 0 Å². The van der Waals surface area contributed by atoms with Gasteiger partial charge in [0.2, 0.25) is 0 Å². The van der Waals surface area contributed by atoms with Gasteiger partial charge in [0.15, 0.2) is 0 Å². The lowest BCUT2D eigenvalue weighted by atomic mass is 10.1. The van der Waals surface area contributed by atoms with Crippen molar-refractivity contribution in [2.75, 3.05) is 11.9 Å². The maximum absolute atomic E-state index is 5.52. The molecule has 0 unspecified atom stereocenters. The van der Waals surface area contributed by atoms with Crippen LogP contribution in [0.15, 0.2) is 36.4 Å². The minimum absolute atomic E-state index is 0.691. The van der Waals surface area contributed by atoms with Crippen molar-refractivity contribution in [1.29, 1.82) is 0 Å². The maximum Gasteiger partial charge on any atom is 0.148 e. The number of rotatable bonds is 5. The number of anilines is 1. The highest BCUT2D eigenvalue weighted by atomic mass is 15.2. The summed E-state index contributed by atoms with van der Waals surface area (Å²) < 4.78 is 0. The van der Waals surface area contributed by atoms with Crippen LogP contribution >= 0.6 is 0 Å². The minimum atomic E-state index is 0.691. The summed E-state index contributed by atoms with van der Waals surface area (Å²) in [6, 6.07) is 12.3. The van der Waals surface area contributed by atoms with E-state index in [4.69, 9.17) is 5.73 Å². The van der Waals surface area contributed by atoms with E-state index in [1.807, 2.05) is 19.1 Å². The molecule has 18 heavy (non-hydrogen) atoms. The van der Waals surface area contributed by atoms with Gasteiger partial charge in [0, 0.05) is 6.54 Å². The van der Waals surface area contributed by atoms with E-state index in [2.05, 4.69) is 39.8 Å². The molecule has 1 aromatic carbocycles. The van der Waals surface area contributed by atoms with Crippen LogP contribution in [-0.4, -0.2) is 16.7 Å². The van der Waals surface area contributed by atoms with Crippen LogP contribution in [0, 0.1) is 6.92 Å². The molecular weight excluding hydrogens is 224 g/mol. The van der Waals surface area contributed by atoms with E-state index < -0.39 is 0 Å². The van der Waals surface area contributed by atoms with Crippen molar-refractivity contribution in [1.82, 2.24) is 10.2 Å². The molecule has 2 aromatic rings. The van der Waals surface area contributed by atoms with Gasteiger partial charge in [-0.3, -0.25) is 0 Å². The molecular formula is C14H18N4. The van der Waals surface area contributed by atoms with Gasteiger partial charge >= 0.3 is 0 Å². The zero-order valence-corrected chi connectivity index (χ0v) is 10.6. The summed E-state index contributed by atoms with van der Waals surface area (Å²) in [4.78, 5) is 0. The zero-order valence-electron chi connectivity index (χ0n) is 10.6. The first-order valence-electron chi connectivity index (χ1n) is 6.10. The first-order valence-corrected chi connectivity index (χ1v) is 6.10. The molecule has 94 valence electrons. The van der Waals surface area contributed by atoms with Gasteiger partial charge in [-0.05, 0) is 43.1 Å². The van der Waals surface area contributed by atoms with Crippen LogP contribution in [0.4, 0.5) is 5.82 Å². The molecule has 0 aliphatic carbocycles. The zero-order chi connectivity index (χ0) is 12.8. The number of nitrogens with zero attached hydrogens (tertiary/aromatic N) is 2. The van der Waals surface area contributed by atoms with Gasteiger partial charge in [0.25, 0.3) is 0 Å². The average molecular weight is 242 g/mol. The standard InChI is InChI=1S/C14H18N4/c1-11-2-7-14(18-17-11)16-10-13-5-3-12(4-6-13)8-9-15/h2-7H,8-10,15H2,1H3,(H,16,18). The number of nitrogens with one attached hydrogen (secondary N) is 1. The number of hydrogen-bond donors (Lipinski definition) is 2. The number of hydrogen-bond acceptors (Lipinski definition) is 4. The van der Waals surface area contributed by atoms with Crippen LogP contribution in [0.1, 0.15) is 16.8 Å². The predicted molar refractivity (Wildman–Crippen MR) is 73.3 cm³/mol. The van der Waals surface area contributed by atoms with E-state index in [0.717, 1.165) is 24.5 Å². The molecule has 0 aliphatic rings. The molecule has 0 bridgehead atoms. The third-order valence-corrected chi connectivity index (χ3v) is 2.73. The van der Waals surface area contributed by atoms with Gasteiger partial charge < -0.3 is 11.1 Å². The molecule has 3 N–H and O–H groups in total. The van der Waals surface area contributed by atoms with Gasteiger partial charge in [0.05, 0.1) is 5.69 Å². The predicted octanol–water partition coefficient (Wildman–Crippen LogP) is 1.90. The minimum Gasteiger partial charge on any atom is -0.365 e. The summed E-state index contributed by atoms with van der Waals surface area (Å²) in [5.74, 6) is 0.798. The Morgan fingerprint density at radius 2 is 1.72 bits per heavy atom. The summed E-state index contributed by atoms with van der Waals surface area (Å²) in [6.07, 6.45) is 0.928. The molecule has 2 rings (SSSR count). The smallest absolute Gasteiger partial charge is 0.148 e. The summed E-state index contributed by atoms with van der Waals surface area (Å²) >= 11 is 0. The Morgan fingerprint density at radius 1 is 1.00 bits per heavy atom. The van der Waals surface area contributed by atoms with E-state index in [-0.39, 0.29) is 0 Å². The Hall–Kier alpha value is -1.94. The first kappa shape index (κ1) is 12.5. The van der Waals surface area contributed by atoms with Crippen LogP contribution in [-0.2, 0) is 13.0 Å². The van der Waals surface area contributed by atoms with Crippen LogP contribution in [0.3, 0.4) is 0 Å². The largest absolute Gasteiger partial charge is 0.365 e. The molecule has 0 radical (unpaired) electrons. The van der Waals surface area contributed by atoms with Gasteiger partial charge in [-0.15, -0.1) is 5.10 Å². The second kappa shape index (κ2) is 6.12. The lowest BCUT2D eigenvalue weighted by molar-refractivity contribution is 0.956. The second-order valence-corrected chi connectivity index (χ2v) is 4.27.